The van der Waals surface area contributed by atoms with E-state index in [0.717, 1.165) is 30.4 Å². The molecule has 1 aromatic carbocycles. The van der Waals surface area contributed by atoms with Gasteiger partial charge < -0.3 is 9.52 Å². The minimum Gasteiger partial charge on any atom is -0.441 e. The molecule has 0 fully saturated rings. The van der Waals surface area contributed by atoms with Crippen molar-refractivity contribution >= 4 is 11.1 Å². The average Bonchev–Trinajstić information content (AvgIpc) is 2.68. The van der Waals surface area contributed by atoms with Gasteiger partial charge >= 0.3 is 0 Å². The van der Waals surface area contributed by atoms with Gasteiger partial charge in [-0.15, -0.1) is 0 Å². The van der Waals surface area contributed by atoms with Crippen LogP contribution in [0, 0.1) is 0 Å². The summed E-state index contributed by atoms with van der Waals surface area (Å²) >= 11 is 0. The first-order valence-electron chi connectivity index (χ1n) is 5.82. The van der Waals surface area contributed by atoms with Crippen molar-refractivity contribution in [1.29, 1.82) is 0 Å². The summed E-state index contributed by atoms with van der Waals surface area (Å²) in [5.41, 5.74) is 1.65. The van der Waals surface area contributed by atoms with E-state index in [1.165, 1.54) is 0 Å². The molecule has 3 nitrogen and oxygen atoms in total. The highest BCUT2D eigenvalue weighted by molar-refractivity contribution is 5.72. The van der Waals surface area contributed by atoms with E-state index in [0.29, 0.717) is 12.3 Å². The molecule has 86 valence electrons. The third kappa shape index (κ3) is 2.61. The van der Waals surface area contributed by atoms with Crippen molar-refractivity contribution < 1.29 is 9.52 Å². The Labute approximate surface area is 95.1 Å². The van der Waals surface area contributed by atoms with Crippen LogP contribution in [0.25, 0.3) is 11.1 Å². The summed E-state index contributed by atoms with van der Waals surface area (Å²) in [6.07, 6.45) is 3.13. The molecule has 0 saturated heterocycles. The van der Waals surface area contributed by atoms with Crippen molar-refractivity contribution in [3.05, 3.63) is 30.2 Å². The predicted octanol–water partition coefficient (Wildman–Crippen LogP) is 2.92. The highest BCUT2D eigenvalue weighted by Crippen LogP contribution is 2.16. The van der Waals surface area contributed by atoms with Crippen LogP contribution in [0.4, 0.5) is 0 Å². The Morgan fingerprint density at radius 1 is 1.38 bits per heavy atom. The zero-order valence-electron chi connectivity index (χ0n) is 9.52. The molecule has 1 unspecified atom stereocenters. The molecule has 0 aliphatic heterocycles. The summed E-state index contributed by atoms with van der Waals surface area (Å²) in [6, 6.07) is 7.66. The maximum absolute atomic E-state index is 9.76. The first-order valence-corrected chi connectivity index (χ1v) is 5.82. The SMILES string of the molecule is CCCCC(O)Cc1nc2ccccc2o1. The van der Waals surface area contributed by atoms with E-state index in [9.17, 15) is 5.11 Å². The molecule has 2 rings (SSSR count). The smallest absolute Gasteiger partial charge is 0.198 e. The van der Waals surface area contributed by atoms with E-state index < -0.39 is 0 Å². The number of hydrogen-bond donors (Lipinski definition) is 1. The number of rotatable bonds is 5. The first-order chi connectivity index (χ1) is 7.79. The van der Waals surface area contributed by atoms with E-state index in [1.807, 2.05) is 24.3 Å². The van der Waals surface area contributed by atoms with Crippen LogP contribution < -0.4 is 0 Å². The number of para-hydroxylation sites is 2. The van der Waals surface area contributed by atoms with Crippen molar-refractivity contribution in [2.24, 2.45) is 0 Å². The van der Waals surface area contributed by atoms with Crippen LogP contribution in [0.2, 0.25) is 0 Å². The van der Waals surface area contributed by atoms with E-state index in [2.05, 4.69) is 11.9 Å². The molecule has 0 spiro atoms. The lowest BCUT2D eigenvalue weighted by Gasteiger charge is -2.05. The Hall–Kier alpha value is -1.35. The molecule has 1 atom stereocenters. The lowest BCUT2D eigenvalue weighted by atomic mass is 10.1. The lowest BCUT2D eigenvalue weighted by Crippen LogP contribution is -2.10. The fraction of sp³-hybridized carbons (Fsp3) is 0.462. The number of aliphatic hydroxyl groups is 1. The van der Waals surface area contributed by atoms with Crippen molar-refractivity contribution in [1.82, 2.24) is 4.98 Å². The second kappa shape index (κ2) is 5.12. The van der Waals surface area contributed by atoms with Gasteiger partial charge in [0.25, 0.3) is 0 Å². The average molecular weight is 219 g/mol. The number of aliphatic hydroxyl groups excluding tert-OH is 1. The van der Waals surface area contributed by atoms with Gasteiger partial charge in [-0.1, -0.05) is 31.9 Å². The molecule has 1 N–H and O–H groups in total. The molecule has 0 amide bonds. The zero-order valence-corrected chi connectivity index (χ0v) is 9.52. The molecule has 16 heavy (non-hydrogen) atoms. The van der Waals surface area contributed by atoms with E-state index in [1.54, 1.807) is 0 Å². The summed E-state index contributed by atoms with van der Waals surface area (Å²) in [4.78, 5) is 4.33. The summed E-state index contributed by atoms with van der Waals surface area (Å²) in [5, 5.41) is 9.76. The summed E-state index contributed by atoms with van der Waals surface area (Å²) in [7, 11) is 0. The van der Waals surface area contributed by atoms with Crippen molar-refractivity contribution in [3.63, 3.8) is 0 Å². The molecule has 0 radical (unpaired) electrons. The lowest BCUT2D eigenvalue weighted by molar-refractivity contribution is 0.153. The molecule has 0 saturated carbocycles. The largest absolute Gasteiger partial charge is 0.441 e. The number of nitrogens with zero attached hydrogens (tertiary/aromatic N) is 1. The van der Waals surface area contributed by atoms with E-state index in [4.69, 9.17) is 4.42 Å². The fourth-order valence-electron chi connectivity index (χ4n) is 1.75. The van der Waals surface area contributed by atoms with Crippen molar-refractivity contribution in [3.8, 4) is 0 Å². The number of unbranched alkanes of at least 4 members (excludes halogenated alkanes) is 1. The van der Waals surface area contributed by atoms with Gasteiger partial charge in [-0.3, -0.25) is 0 Å². The highest BCUT2D eigenvalue weighted by Gasteiger charge is 2.10. The molecule has 3 heteroatoms. The third-order valence-corrected chi connectivity index (χ3v) is 2.64. The summed E-state index contributed by atoms with van der Waals surface area (Å²) in [6.45, 7) is 2.12. The molecular weight excluding hydrogens is 202 g/mol. The number of oxazole rings is 1. The van der Waals surface area contributed by atoms with Gasteiger partial charge in [0.15, 0.2) is 11.5 Å². The number of hydrogen-bond acceptors (Lipinski definition) is 3. The minimum absolute atomic E-state index is 0.340. The van der Waals surface area contributed by atoms with Crippen LogP contribution in [0.1, 0.15) is 32.1 Å². The molecular formula is C13H17NO2. The Kier molecular flexibility index (Phi) is 3.57. The number of fused-ring (bicyclic) bond motifs is 1. The molecule has 1 heterocycles. The maximum Gasteiger partial charge on any atom is 0.198 e. The van der Waals surface area contributed by atoms with Crippen LogP contribution in [0.5, 0.6) is 0 Å². The van der Waals surface area contributed by atoms with Gasteiger partial charge in [0.05, 0.1) is 12.5 Å². The zero-order chi connectivity index (χ0) is 11.4. The highest BCUT2D eigenvalue weighted by atomic mass is 16.4. The molecule has 0 bridgehead atoms. The molecule has 1 aromatic heterocycles. The van der Waals surface area contributed by atoms with Gasteiger partial charge in [0, 0.05) is 0 Å². The van der Waals surface area contributed by atoms with Crippen LogP contribution in [-0.2, 0) is 6.42 Å². The Morgan fingerprint density at radius 3 is 2.94 bits per heavy atom. The second-order valence-corrected chi connectivity index (χ2v) is 4.08. The predicted molar refractivity (Wildman–Crippen MR) is 63.2 cm³/mol. The van der Waals surface area contributed by atoms with Gasteiger partial charge in [-0.2, -0.15) is 0 Å². The fourth-order valence-corrected chi connectivity index (χ4v) is 1.75. The van der Waals surface area contributed by atoms with E-state index >= 15 is 0 Å². The van der Waals surface area contributed by atoms with Crippen LogP contribution in [-0.4, -0.2) is 16.2 Å². The van der Waals surface area contributed by atoms with Crippen LogP contribution in [0.3, 0.4) is 0 Å². The Bertz CT molecular complexity index is 417. The Morgan fingerprint density at radius 2 is 2.19 bits per heavy atom. The monoisotopic (exact) mass is 219 g/mol. The number of benzene rings is 1. The third-order valence-electron chi connectivity index (χ3n) is 2.64. The quantitative estimate of drug-likeness (QED) is 0.841. The van der Waals surface area contributed by atoms with Gasteiger partial charge in [-0.25, -0.2) is 4.98 Å². The van der Waals surface area contributed by atoms with Gasteiger partial charge in [-0.05, 0) is 18.6 Å². The molecule has 2 aromatic rings. The van der Waals surface area contributed by atoms with E-state index in [-0.39, 0.29) is 6.10 Å². The summed E-state index contributed by atoms with van der Waals surface area (Å²) in [5.74, 6) is 0.629. The summed E-state index contributed by atoms with van der Waals surface area (Å²) < 4.78 is 5.55. The van der Waals surface area contributed by atoms with Crippen LogP contribution in [0.15, 0.2) is 28.7 Å². The first kappa shape index (κ1) is 11.1. The normalized spacial score (nSPS) is 13.1. The molecule has 0 aliphatic carbocycles. The van der Waals surface area contributed by atoms with Crippen LogP contribution >= 0.6 is 0 Å². The standard InChI is InChI=1S/C13H17NO2/c1-2-3-6-10(15)9-13-14-11-7-4-5-8-12(11)16-13/h4-5,7-8,10,15H,2-3,6,9H2,1H3. The molecule has 0 aliphatic rings. The van der Waals surface area contributed by atoms with Crippen molar-refractivity contribution in [2.75, 3.05) is 0 Å². The number of aromatic nitrogens is 1. The second-order valence-electron chi connectivity index (χ2n) is 4.08. The van der Waals surface area contributed by atoms with Gasteiger partial charge in [0.2, 0.25) is 0 Å². The Balaban J connectivity index is 2.03. The van der Waals surface area contributed by atoms with Crippen molar-refractivity contribution in [2.45, 2.75) is 38.7 Å². The topological polar surface area (TPSA) is 46.3 Å². The maximum atomic E-state index is 9.76. The minimum atomic E-state index is -0.340. The van der Waals surface area contributed by atoms with Gasteiger partial charge in [0.1, 0.15) is 5.52 Å².